The van der Waals surface area contributed by atoms with Gasteiger partial charge in [0.25, 0.3) is 0 Å². The van der Waals surface area contributed by atoms with Gasteiger partial charge in [0, 0.05) is 18.3 Å². The summed E-state index contributed by atoms with van der Waals surface area (Å²) in [6.45, 7) is 2.28. The standard InChI is InChI=1S/C16H17ClFNO2/c1-11(10-20)19(9-12-3-2-4-14(21)7-12)13-5-6-16(18)15(17)8-13/h2-8,11,20-21H,9-10H2,1H3. The summed E-state index contributed by atoms with van der Waals surface area (Å²) in [6.07, 6.45) is 0. The Labute approximate surface area is 128 Å². The Kier molecular flexibility index (Phi) is 5.04. The van der Waals surface area contributed by atoms with Crippen LogP contribution in [-0.2, 0) is 6.54 Å². The Balaban J connectivity index is 2.32. The van der Waals surface area contributed by atoms with E-state index in [0.717, 1.165) is 5.56 Å². The lowest BCUT2D eigenvalue weighted by molar-refractivity contribution is 0.266. The molecule has 2 rings (SSSR count). The minimum absolute atomic E-state index is 0.0403. The minimum atomic E-state index is -0.477. The van der Waals surface area contributed by atoms with Crippen molar-refractivity contribution in [3.8, 4) is 5.75 Å². The van der Waals surface area contributed by atoms with Crippen molar-refractivity contribution < 1.29 is 14.6 Å². The van der Waals surface area contributed by atoms with Gasteiger partial charge in [0.05, 0.1) is 11.6 Å². The molecule has 0 fully saturated rings. The van der Waals surface area contributed by atoms with Crippen LogP contribution in [0.1, 0.15) is 12.5 Å². The summed E-state index contributed by atoms with van der Waals surface area (Å²) in [7, 11) is 0. The first-order valence-corrected chi connectivity index (χ1v) is 6.99. The molecule has 0 aromatic heterocycles. The van der Waals surface area contributed by atoms with E-state index in [1.54, 1.807) is 24.3 Å². The average molecular weight is 310 g/mol. The Morgan fingerprint density at radius 1 is 1.24 bits per heavy atom. The summed E-state index contributed by atoms with van der Waals surface area (Å²) in [4.78, 5) is 1.90. The fourth-order valence-electron chi connectivity index (χ4n) is 2.12. The highest BCUT2D eigenvalue weighted by Crippen LogP contribution is 2.26. The van der Waals surface area contributed by atoms with Crippen molar-refractivity contribution in [3.63, 3.8) is 0 Å². The molecule has 1 atom stereocenters. The van der Waals surface area contributed by atoms with E-state index in [1.165, 1.54) is 12.1 Å². The number of nitrogens with zero attached hydrogens (tertiary/aromatic N) is 1. The van der Waals surface area contributed by atoms with Crippen LogP contribution < -0.4 is 4.90 Å². The lowest BCUT2D eigenvalue weighted by Gasteiger charge is -2.30. The van der Waals surface area contributed by atoms with Crippen molar-refractivity contribution in [2.75, 3.05) is 11.5 Å². The van der Waals surface area contributed by atoms with Gasteiger partial charge in [-0.2, -0.15) is 0 Å². The predicted octanol–water partition coefficient (Wildman–Crippen LogP) is 3.57. The molecule has 2 aromatic rings. The number of rotatable bonds is 5. The SMILES string of the molecule is CC(CO)N(Cc1cccc(O)c1)c1ccc(F)c(Cl)c1. The second-order valence-corrected chi connectivity index (χ2v) is 5.34. The van der Waals surface area contributed by atoms with E-state index >= 15 is 0 Å². The maximum Gasteiger partial charge on any atom is 0.141 e. The summed E-state index contributed by atoms with van der Waals surface area (Å²) in [5.41, 5.74) is 1.60. The molecule has 0 aliphatic rings. The number of benzene rings is 2. The number of aliphatic hydroxyl groups excluding tert-OH is 1. The third-order valence-corrected chi connectivity index (χ3v) is 3.58. The van der Waals surface area contributed by atoms with Gasteiger partial charge in [0.15, 0.2) is 0 Å². The summed E-state index contributed by atoms with van der Waals surface area (Å²) in [6, 6.07) is 11.2. The largest absolute Gasteiger partial charge is 0.508 e. The zero-order valence-electron chi connectivity index (χ0n) is 11.6. The van der Waals surface area contributed by atoms with Gasteiger partial charge in [-0.25, -0.2) is 4.39 Å². The summed E-state index contributed by atoms with van der Waals surface area (Å²) in [5.74, 6) is -0.296. The number of halogens is 2. The van der Waals surface area contributed by atoms with Crippen molar-refractivity contribution in [1.82, 2.24) is 0 Å². The highest BCUT2D eigenvalue weighted by Gasteiger charge is 2.16. The fourth-order valence-corrected chi connectivity index (χ4v) is 2.29. The molecule has 0 saturated heterocycles. The zero-order chi connectivity index (χ0) is 15.4. The Morgan fingerprint density at radius 3 is 2.62 bits per heavy atom. The van der Waals surface area contributed by atoms with E-state index in [2.05, 4.69) is 0 Å². The van der Waals surface area contributed by atoms with Crippen LogP contribution in [0.3, 0.4) is 0 Å². The van der Waals surface area contributed by atoms with Crippen molar-refractivity contribution in [3.05, 3.63) is 58.9 Å². The molecule has 0 saturated carbocycles. The minimum Gasteiger partial charge on any atom is -0.508 e. The van der Waals surface area contributed by atoms with E-state index in [-0.39, 0.29) is 23.4 Å². The van der Waals surface area contributed by atoms with Gasteiger partial charge in [-0.15, -0.1) is 0 Å². The maximum absolute atomic E-state index is 13.3. The molecule has 0 spiro atoms. The molecule has 0 amide bonds. The Bertz CT molecular complexity index is 621. The number of phenols is 1. The molecule has 0 aliphatic carbocycles. The molecule has 3 nitrogen and oxygen atoms in total. The number of hydrogen-bond acceptors (Lipinski definition) is 3. The van der Waals surface area contributed by atoms with Crippen LogP contribution in [0.15, 0.2) is 42.5 Å². The second kappa shape index (κ2) is 6.78. The van der Waals surface area contributed by atoms with Crippen LogP contribution in [0.25, 0.3) is 0 Å². The molecule has 0 radical (unpaired) electrons. The number of aromatic hydroxyl groups is 1. The summed E-state index contributed by atoms with van der Waals surface area (Å²) < 4.78 is 13.3. The van der Waals surface area contributed by atoms with Gasteiger partial charge in [-0.1, -0.05) is 23.7 Å². The first-order valence-electron chi connectivity index (χ1n) is 6.61. The maximum atomic E-state index is 13.3. The molecule has 112 valence electrons. The molecule has 2 aromatic carbocycles. The zero-order valence-corrected chi connectivity index (χ0v) is 12.4. The second-order valence-electron chi connectivity index (χ2n) is 4.93. The van der Waals surface area contributed by atoms with E-state index in [9.17, 15) is 14.6 Å². The molecular formula is C16H17ClFNO2. The van der Waals surface area contributed by atoms with Gasteiger partial charge >= 0.3 is 0 Å². The molecule has 21 heavy (non-hydrogen) atoms. The number of aliphatic hydroxyl groups is 1. The average Bonchev–Trinajstić information content (AvgIpc) is 2.47. The molecule has 0 bridgehead atoms. The number of phenolic OH excluding ortho intramolecular Hbond substituents is 1. The first kappa shape index (κ1) is 15.6. The first-order chi connectivity index (χ1) is 10.0. The van der Waals surface area contributed by atoms with Crippen LogP contribution >= 0.6 is 11.6 Å². The van der Waals surface area contributed by atoms with Gasteiger partial charge < -0.3 is 15.1 Å². The molecule has 5 heteroatoms. The molecule has 2 N–H and O–H groups in total. The smallest absolute Gasteiger partial charge is 0.141 e. The van der Waals surface area contributed by atoms with Crippen molar-refractivity contribution in [2.45, 2.75) is 19.5 Å². The monoisotopic (exact) mass is 309 g/mol. The van der Waals surface area contributed by atoms with Crippen LogP contribution in [-0.4, -0.2) is 22.9 Å². The van der Waals surface area contributed by atoms with Crippen molar-refractivity contribution in [2.24, 2.45) is 0 Å². The van der Waals surface area contributed by atoms with E-state index < -0.39 is 5.82 Å². The Morgan fingerprint density at radius 2 is 2.00 bits per heavy atom. The normalized spacial score (nSPS) is 12.2. The van der Waals surface area contributed by atoms with E-state index in [4.69, 9.17) is 11.6 Å². The van der Waals surface area contributed by atoms with Crippen LogP contribution in [0, 0.1) is 5.82 Å². The Hall–Kier alpha value is -1.78. The van der Waals surface area contributed by atoms with Gasteiger partial charge in [-0.05, 0) is 42.8 Å². The van der Waals surface area contributed by atoms with Crippen LogP contribution in [0.2, 0.25) is 5.02 Å². The fraction of sp³-hybridized carbons (Fsp3) is 0.250. The summed E-state index contributed by atoms with van der Waals surface area (Å²) >= 11 is 5.83. The third kappa shape index (κ3) is 3.86. The number of hydrogen-bond donors (Lipinski definition) is 2. The summed E-state index contributed by atoms with van der Waals surface area (Å²) in [5, 5.41) is 19.0. The number of anilines is 1. The van der Waals surface area contributed by atoms with Crippen molar-refractivity contribution in [1.29, 1.82) is 0 Å². The van der Waals surface area contributed by atoms with E-state index in [0.29, 0.717) is 12.2 Å². The predicted molar refractivity (Wildman–Crippen MR) is 82.2 cm³/mol. The quantitative estimate of drug-likeness (QED) is 0.887. The van der Waals surface area contributed by atoms with Gasteiger partial charge in [0.2, 0.25) is 0 Å². The molecule has 1 unspecified atom stereocenters. The highest BCUT2D eigenvalue weighted by molar-refractivity contribution is 6.31. The molecule has 0 aliphatic heterocycles. The van der Waals surface area contributed by atoms with E-state index in [1.807, 2.05) is 17.9 Å². The third-order valence-electron chi connectivity index (χ3n) is 3.29. The van der Waals surface area contributed by atoms with Gasteiger partial charge in [-0.3, -0.25) is 0 Å². The molecule has 0 heterocycles. The lowest BCUT2D eigenvalue weighted by atomic mass is 10.1. The lowest BCUT2D eigenvalue weighted by Crippen LogP contribution is -2.35. The van der Waals surface area contributed by atoms with Crippen LogP contribution in [0.4, 0.5) is 10.1 Å². The van der Waals surface area contributed by atoms with Gasteiger partial charge in [0.1, 0.15) is 11.6 Å². The van der Waals surface area contributed by atoms with Crippen LogP contribution in [0.5, 0.6) is 5.75 Å². The highest BCUT2D eigenvalue weighted by atomic mass is 35.5. The van der Waals surface area contributed by atoms with Crippen molar-refractivity contribution >= 4 is 17.3 Å². The molecular weight excluding hydrogens is 293 g/mol. The topological polar surface area (TPSA) is 43.7 Å².